The quantitative estimate of drug-likeness (QED) is 0.413. The molecule has 1 aromatic carbocycles. The van der Waals surface area contributed by atoms with Gasteiger partial charge in [-0.15, -0.1) is 11.3 Å². The number of nitrogens with two attached hydrogens (primary N) is 1. The Morgan fingerprint density at radius 2 is 1.87 bits per heavy atom. The number of rotatable bonds is 8. The number of amides is 2. The maximum Gasteiger partial charge on any atom is 0.287 e. The molecule has 0 spiro atoms. The highest BCUT2D eigenvalue weighted by atomic mass is 32.1. The number of ketones is 1. The average Bonchev–Trinajstić information content (AvgIpc) is 3.44. The fraction of sp³-hybridized carbons (Fsp3) is 0.136. The highest BCUT2D eigenvalue weighted by molar-refractivity contribution is 7.17. The topological polar surface area (TPSA) is 120 Å². The number of primary amides is 1. The summed E-state index contributed by atoms with van der Waals surface area (Å²) in [7, 11) is 0. The van der Waals surface area contributed by atoms with Crippen LogP contribution in [-0.2, 0) is 16.0 Å². The van der Waals surface area contributed by atoms with Crippen molar-refractivity contribution in [3.05, 3.63) is 77.6 Å². The number of carbonyl (C=O) groups is 3. The third-order valence-electron chi connectivity index (χ3n) is 4.87. The molecule has 2 amide bonds. The molecule has 0 fully saturated rings. The molecule has 31 heavy (non-hydrogen) atoms. The number of hydrogen-bond donors (Lipinski definition) is 2. The zero-order valence-electron chi connectivity index (χ0n) is 16.4. The van der Waals surface area contributed by atoms with Crippen LogP contribution in [0.25, 0.3) is 15.9 Å². The Balaban J connectivity index is 1.54. The minimum Gasteiger partial charge on any atom is -0.363 e. The SMILES string of the molecule is NC(=O)C(=O)C(CCc1csc2ccccc12)NC(=O)c1ccnn1-c1ccccn1. The Morgan fingerprint density at radius 3 is 2.65 bits per heavy atom. The van der Waals surface area contributed by atoms with E-state index >= 15 is 0 Å². The van der Waals surface area contributed by atoms with Crippen molar-refractivity contribution in [2.45, 2.75) is 18.9 Å². The predicted molar refractivity (Wildman–Crippen MR) is 117 cm³/mol. The Kier molecular flexibility index (Phi) is 5.85. The van der Waals surface area contributed by atoms with Gasteiger partial charge in [0.15, 0.2) is 5.82 Å². The first-order valence-corrected chi connectivity index (χ1v) is 10.5. The van der Waals surface area contributed by atoms with Gasteiger partial charge in [-0.05, 0) is 53.4 Å². The first kappa shape index (κ1) is 20.4. The molecular weight excluding hydrogens is 414 g/mol. The van der Waals surface area contributed by atoms with E-state index in [1.807, 2.05) is 29.6 Å². The van der Waals surface area contributed by atoms with Gasteiger partial charge in [0, 0.05) is 10.9 Å². The fourth-order valence-corrected chi connectivity index (χ4v) is 4.33. The van der Waals surface area contributed by atoms with Crippen LogP contribution in [0, 0.1) is 0 Å². The average molecular weight is 433 g/mol. The molecule has 1 atom stereocenters. The second kappa shape index (κ2) is 8.88. The molecule has 0 bridgehead atoms. The molecule has 9 heteroatoms. The second-order valence-electron chi connectivity index (χ2n) is 6.87. The van der Waals surface area contributed by atoms with Crippen molar-refractivity contribution in [3.8, 4) is 5.82 Å². The summed E-state index contributed by atoms with van der Waals surface area (Å²) in [6.07, 6.45) is 3.80. The van der Waals surface area contributed by atoms with Crippen molar-refractivity contribution in [2.75, 3.05) is 0 Å². The lowest BCUT2D eigenvalue weighted by atomic mass is 10.0. The lowest BCUT2D eigenvalue weighted by Crippen LogP contribution is -2.46. The van der Waals surface area contributed by atoms with E-state index in [-0.39, 0.29) is 12.1 Å². The summed E-state index contributed by atoms with van der Waals surface area (Å²) in [4.78, 5) is 41.1. The van der Waals surface area contributed by atoms with Crippen LogP contribution in [-0.4, -0.2) is 38.4 Å². The van der Waals surface area contributed by atoms with Gasteiger partial charge in [0.1, 0.15) is 5.69 Å². The minimum absolute atomic E-state index is 0.196. The standard InChI is InChI=1S/C22H19N5O3S/c23-21(29)20(28)16(9-8-14-13-31-18-6-2-1-5-15(14)18)26-22(30)17-10-12-25-27(17)19-7-3-4-11-24-19/h1-7,10-13,16H,8-9H2,(H2,23,29)(H,26,30). The minimum atomic E-state index is -1.08. The maximum absolute atomic E-state index is 12.9. The smallest absolute Gasteiger partial charge is 0.287 e. The molecule has 3 aromatic heterocycles. The maximum atomic E-state index is 12.9. The van der Waals surface area contributed by atoms with Gasteiger partial charge in [0.2, 0.25) is 5.78 Å². The van der Waals surface area contributed by atoms with Gasteiger partial charge in [0.05, 0.1) is 12.2 Å². The Bertz CT molecular complexity index is 1250. The summed E-state index contributed by atoms with van der Waals surface area (Å²) in [5.41, 5.74) is 6.47. The number of Topliss-reactive ketones (excluding diaryl/α,β-unsaturated/α-hetero) is 1. The zero-order valence-corrected chi connectivity index (χ0v) is 17.2. The molecule has 3 heterocycles. The number of benzene rings is 1. The van der Waals surface area contributed by atoms with Crippen LogP contribution < -0.4 is 11.1 Å². The first-order valence-electron chi connectivity index (χ1n) is 9.59. The molecule has 0 aliphatic carbocycles. The summed E-state index contributed by atoms with van der Waals surface area (Å²) >= 11 is 1.61. The molecule has 4 rings (SSSR count). The molecule has 0 radical (unpaired) electrons. The number of aromatic nitrogens is 3. The largest absolute Gasteiger partial charge is 0.363 e. The van der Waals surface area contributed by atoms with Crippen molar-refractivity contribution in [1.29, 1.82) is 0 Å². The molecule has 0 aliphatic heterocycles. The third kappa shape index (κ3) is 4.36. The number of fused-ring (bicyclic) bond motifs is 1. The van der Waals surface area contributed by atoms with Gasteiger partial charge in [0.25, 0.3) is 11.8 Å². The molecule has 156 valence electrons. The molecule has 3 N–H and O–H groups in total. The van der Waals surface area contributed by atoms with Crippen LogP contribution in [0.4, 0.5) is 0 Å². The van der Waals surface area contributed by atoms with E-state index in [4.69, 9.17) is 5.73 Å². The number of aryl methyl sites for hydroxylation is 1. The molecule has 8 nitrogen and oxygen atoms in total. The van der Waals surface area contributed by atoms with E-state index in [0.717, 1.165) is 15.6 Å². The molecule has 1 unspecified atom stereocenters. The highest BCUT2D eigenvalue weighted by Gasteiger charge is 2.27. The Hall–Kier alpha value is -3.85. The van der Waals surface area contributed by atoms with E-state index in [9.17, 15) is 14.4 Å². The Labute approximate surface area is 181 Å². The Morgan fingerprint density at radius 1 is 1.06 bits per heavy atom. The summed E-state index contributed by atoms with van der Waals surface area (Å²) in [6, 6.07) is 13.7. The lowest BCUT2D eigenvalue weighted by molar-refractivity contribution is -0.137. The normalized spacial score (nSPS) is 11.9. The number of hydrogen-bond acceptors (Lipinski definition) is 6. The molecule has 4 aromatic rings. The summed E-state index contributed by atoms with van der Waals surface area (Å²) in [6.45, 7) is 0. The monoisotopic (exact) mass is 433 g/mol. The molecule has 0 saturated heterocycles. The van der Waals surface area contributed by atoms with Gasteiger partial charge in [-0.1, -0.05) is 24.3 Å². The van der Waals surface area contributed by atoms with Crippen molar-refractivity contribution in [3.63, 3.8) is 0 Å². The van der Waals surface area contributed by atoms with Crippen LogP contribution in [0.5, 0.6) is 0 Å². The summed E-state index contributed by atoms with van der Waals surface area (Å²) < 4.78 is 2.51. The summed E-state index contributed by atoms with van der Waals surface area (Å²) in [5.74, 6) is -2.01. The van der Waals surface area contributed by atoms with E-state index in [1.54, 1.807) is 35.7 Å². The van der Waals surface area contributed by atoms with Crippen molar-refractivity contribution < 1.29 is 14.4 Å². The first-order chi connectivity index (χ1) is 15.0. The number of nitrogens with one attached hydrogen (secondary N) is 1. The van der Waals surface area contributed by atoms with E-state index in [2.05, 4.69) is 15.4 Å². The van der Waals surface area contributed by atoms with E-state index in [0.29, 0.717) is 12.2 Å². The van der Waals surface area contributed by atoms with E-state index in [1.165, 1.54) is 16.9 Å². The predicted octanol–water partition coefficient (Wildman–Crippen LogP) is 2.27. The van der Waals surface area contributed by atoms with E-state index < -0.39 is 23.6 Å². The number of carbonyl (C=O) groups excluding carboxylic acids is 3. The van der Waals surface area contributed by atoms with Crippen LogP contribution in [0.3, 0.4) is 0 Å². The van der Waals surface area contributed by atoms with Gasteiger partial charge in [-0.3, -0.25) is 14.4 Å². The van der Waals surface area contributed by atoms with Gasteiger partial charge >= 0.3 is 0 Å². The fourth-order valence-electron chi connectivity index (χ4n) is 3.34. The molecule has 0 aliphatic rings. The van der Waals surface area contributed by atoms with Gasteiger partial charge in [-0.2, -0.15) is 5.10 Å². The lowest BCUT2D eigenvalue weighted by Gasteiger charge is -2.16. The number of thiophene rings is 1. The zero-order chi connectivity index (χ0) is 21.8. The van der Waals surface area contributed by atoms with Gasteiger partial charge < -0.3 is 11.1 Å². The highest BCUT2D eigenvalue weighted by Crippen LogP contribution is 2.27. The van der Waals surface area contributed by atoms with Crippen molar-refractivity contribution in [1.82, 2.24) is 20.1 Å². The summed E-state index contributed by atoms with van der Waals surface area (Å²) in [5, 5.41) is 9.90. The van der Waals surface area contributed by atoms with Crippen molar-refractivity contribution >= 4 is 39.0 Å². The molecular formula is C22H19N5O3S. The third-order valence-corrected chi connectivity index (χ3v) is 5.88. The number of pyridine rings is 1. The van der Waals surface area contributed by atoms with Crippen LogP contribution in [0.1, 0.15) is 22.5 Å². The second-order valence-corrected chi connectivity index (χ2v) is 7.78. The van der Waals surface area contributed by atoms with Crippen LogP contribution >= 0.6 is 11.3 Å². The van der Waals surface area contributed by atoms with Crippen LogP contribution in [0.2, 0.25) is 0 Å². The van der Waals surface area contributed by atoms with Crippen LogP contribution in [0.15, 0.2) is 66.3 Å². The number of nitrogens with zero attached hydrogens (tertiary/aromatic N) is 3. The molecule has 0 saturated carbocycles. The van der Waals surface area contributed by atoms with Gasteiger partial charge in [-0.25, -0.2) is 9.67 Å². The van der Waals surface area contributed by atoms with Crippen molar-refractivity contribution in [2.24, 2.45) is 5.73 Å².